The molecular formula is C42H74O6. The number of hydrogen-bond acceptors (Lipinski definition) is 6. The molecule has 48 heavy (non-hydrogen) atoms. The van der Waals surface area contributed by atoms with Gasteiger partial charge in [0.25, 0.3) is 0 Å². The highest BCUT2D eigenvalue weighted by Gasteiger charge is 2.16. The minimum atomic E-state index is -0.801. The standard InChI is InChI=1S/C42H74O6/c1-3-5-6-7-8-9-10-11-12-13-16-20-23-26-29-32-36-42(46)48-40(37-43)38-47-41(45)35-31-28-25-22-19-17-14-15-18-21-24-27-30-34-39(44)33-4-2/h14,17-18,21-22,25,27,30,39-40,43-44H,3-13,15-16,19-20,23-24,26,28-29,31-38H2,1-2H3/b17-14-,21-18-,25-22-,30-27-/t39?,40-/m0/s1. The Bertz CT molecular complexity index is 830. The Morgan fingerprint density at radius 2 is 1.02 bits per heavy atom. The van der Waals surface area contributed by atoms with E-state index < -0.39 is 6.10 Å². The Hall–Kier alpha value is -2.18. The van der Waals surface area contributed by atoms with Gasteiger partial charge in [-0.2, -0.15) is 0 Å². The lowest BCUT2D eigenvalue weighted by molar-refractivity contribution is -0.161. The van der Waals surface area contributed by atoms with Gasteiger partial charge in [-0.3, -0.25) is 9.59 Å². The van der Waals surface area contributed by atoms with E-state index in [1.54, 1.807) is 0 Å². The summed E-state index contributed by atoms with van der Waals surface area (Å²) in [7, 11) is 0. The molecule has 0 amide bonds. The number of rotatable bonds is 35. The zero-order valence-electron chi connectivity index (χ0n) is 31.1. The summed E-state index contributed by atoms with van der Waals surface area (Å²) >= 11 is 0. The van der Waals surface area contributed by atoms with Crippen molar-refractivity contribution in [2.45, 2.75) is 193 Å². The van der Waals surface area contributed by atoms with Crippen molar-refractivity contribution in [2.75, 3.05) is 13.2 Å². The molecule has 0 bridgehead atoms. The van der Waals surface area contributed by atoms with Gasteiger partial charge in [0, 0.05) is 12.8 Å². The molecular weight excluding hydrogens is 600 g/mol. The molecule has 0 aliphatic rings. The van der Waals surface area contributed by atoms with Crippen molar-refractivity contribution in [3.8, 4) is 0 Å². The molecule has 6 nitrogen and oxygen atoms in total. The van der Waals surface area contributed by atoms with Crippen LogP contribution >= 0.6 is 0 Å². The molecule has 0 aromatic rings. The molecule has 2 atom stereocenters. The van der Waals surface area contributed by atoms with Crippen LogP contribution in [0.25, 0.3) is 0 Å². The average molecular weight is 675 g/mol. The summed E-state index contributed by atoms with van der Waals surface area (Å²) in [6, 6.07) is 0. The van der Waals surface area contributed by atoms with Gasteiger partial charge in [0.15, 0.2) is 6.10 Å². The summed E-state index contributed by atoms with van der Waals surface area (Å²) < 4.78 is 10.5. The summed E-state index contributed by atoms with van der Waals surface area (Å²) in [6.45, 7) is 3.89. The zero-order valence-corrected chi connectivity index (χ0v) is 31.1. The van der Waals surface area contributed by atoms with E-state index in [4.69, 9.17) is 9.47 Å². The van der Waals surface area contributed by atoms with Crippen LogP contribution in [0.15, 0.2) is 48.6 Å². The fourth-order valence-corrected chi connectivity index (χ4v) is 5.44. The third kappa shape index (κ3) is 35.1. The molecule has 0 aromatic carbocycles. The SMILES string of the molecule is CCCCCCCCCCCCCCCCCCC(=O)O[C@@H](CO)COC(=O)CCC/C=C\C/C=C\C/C=C\C/C=C\CC(O)CCC. The first-order valence-corrected chi connectivity index (χ1v) is 19.8. The highest BCUT2D eigenvalue weighted by molar-refractivity contribution is 5.70. The maximum Gasteiger partial charge on any atom is 0.306 e. The van der Waals surface area contributed by atoms with Crippen molar-refractivity contribution in [3.05, 3.63) is 48.6 Å². The van der Waals surface area contributed by atoms with Gasteiger partial charge in [-0.05, 0) is 51.4 Å². The summed E-state index contributed by atoms with van der Waals surface area (Å²) in [5.74, 6) is -0.674. The maximum absolute atomic E-state index is 12.2. The fourth-order valence-electron chi connectivity index (χ4n) is 5.44. The summed E-state index contributed by atoms with van der Waals surface area (Å²) in [4.78, 5) is 24.2. The van der Waals surface area contributed by atoms with E-state index in [1.807, 2.05) is 0 Å². The van der Waals surface area contributed by atoms with Crippen molar-refractivity contribution in [1.29, 1.82) is 0 Å². The van der Waals surface area contributed by atoms with Crippen LogP contribution < -0.4 is 0 Å². The number of allylic oxidation sites excluding steroid dienone is 7. The average Bonchev–Trinajstić information content (AvgIpc) is 3.08. The molecule has 6 heteroatoms. The first-order valence-electron chi connectivity index (χ1n) is 19.8. The predicted octanol–water partition coefficient (Wildman–Crippen LogP) is 11.2. The predicted molar refractivity (Wildman–Crippen MR) is 202 cm³/mol. The van der Waals surface area contributed by atoms with Gasteiger partial charge in [-0.1, -0.05) is 165 Å². The minimum absolute atomic E-state index is 0.104. The van der Waals surface area contributed by atoms with Gasteiger partial charge in [-0.25, -0.2) is 0 Å². The molecule has 0 radical (unpaired) electrons. The summed E-state index contributed by atoms with van der Waals surface area (Å²) in [6.07, 6.45) is 43.8. The minimum Gasteiger partial charge on any atom is -0.462 e. The Morgan fingerprint density at radius 3 is 1.52 bits per heavy atom. The van der Waals surface area contributed by atoms with Gasteiger partial charge in [0.05, 0.1) is 12.7 Å². The monoisotopic (exact) mass is 675 g/mol. The highest BCUT2D eigenvalue weighted by Crippen LogP contribution is 2.14. The Balaban J connectivity index is 3.67. The topological polar surface area (TPSA) is 93.1 Å². The second-order valence-electron chi connectivity index (χ2n) is 13.2. The quantitative estimate of drug-likeness (QED) is 0.0395. The van der Waals surface area contributed by atoms with Crippen LogP contribution in [0.4, 0.5) is 0 Å². The molecule has 0 aliphatic carbocycles. The molecule has 278 valence electrons. The molecule has 0 rings (SSSR count). The number of hydrogen-bond donors (Lipinski definition) is 2. The van der Waals surface area contributed by atoms with E-state index >= 15 is 0 Å². The zero-order chi connectivity index (χ0) is 35.2. The number of aliphatic hydroxyl groups excluding tert-OH is 2. The molecule has 0 fully saturated rings. The molecule has 0 spiro atoms. The van der Waals surface area contributed by atoms with Crippen LogP contribution in [0.2, 0.25) is 0 Å². The smallest absolute Gasteiger partial charge is 0.306 e. The molecule has 0 saturated heterocycles. The van der Waals surface area contributed by atoms with Crippen molar-refractivity contribution >= 4 is 11.9 Å². The van der Waals surface area contributed by atoms with Gasteiger partial charge >= 0.3 is 11.9 Å². The van der Waals surface area contributed by atoms with Gasteiger partial charge in [0.1, 0.15) is 6.61 Å². The van der Waals surface area contributed by atoms with Crippen molar-refractivity contribution in [3.63, 3.8) is 0 Å². The molecule has 0 aromatic heterocycles. The van der Waals surface area contributed by atoms with Crippen molar-refractivity contribution in [1.82, 2.24) is 0 Å². The second kappa shape index (κ2) is 37.6. The second-order valence-corrected chi connectivity index (χ2v) is 13.2. The molecule has 0 heterocycles. The van der Waals surface area contributed by atoms with Gasteiger partial charge in [-0.15, -0.1) is 0 Å². The van der Waals surface area contributed by atoms with Crippen LogP contribution in [0.1, 0.15) is 181 Å². The summed E-state index contributed by atoms with van der Waals surface area (Å²) in [5.41, 5.74) is 0. The lowest BCUT2D eigenvalue weighted by Crippen LogP contribution is -2.28. The maximum atomic E-state index is 12.2. The van der Waals surface area contributed by atoms with Crippen LogP contribution in [0, 0.1) is 0 Å². The van der Waals surface area contributed by atoms with Crippen LogP contribution in [0.5, 0.6) is 0 Å². The summed E-state index contributed by atoms with van der Waals surface area (Å²) in [5, 5.41) is 19.2. The van der Waals surface area contributed by atoms with Crippen LogP contribution in [0.3, 0.4) is 0 Å². The highest BCUT2D eigenvalue weighted by atomic mass is 16.6. The van der Waals surface area contributed by atoms with Crippen molar-refractivity contribution in [2.24, 2.45) is 0 Å². The third-order valence-electron chi connectivity index (χ3n) is 8.43. The number of carbonyl (C=O) groups excluding carboxylic acids is 2. The van der Waals surface area contributed by atoms with E-state index in [9.17, 15) is 19.8 Å². The van der Waals surface area contributed by atoms with Crippen LogP contribution in [-0.2, 0) is 19.1 Å². The lowest BCUT2D eigenvalue weighted by atomic mass is 10.0. The largest absolute Gasteiger partial charge is 0.462 e. The van der Waals surface area contributed by atoms with Crippen molar-refractivity contribution < 1.29 is 29.3 Å². The van der Waals surface area contributed by atoms with E-state index in [-0.39, 0.29) is 31.3 Å². The van der Waals surface area contributed by atoms with Gasteiger partial charge < -0.3 is 19.7 Å². The van der Waals surface area contributed by atoms with E-state index in [0.717, 1.165) is 64.2 Å². The molecule has 1 unspecified atom stereocenters. The van der Waals surface area contributed by atoms with E-state index in [1.165, 1.54) is 83.5 Å². The van der Waals surface area contributed by atoms with Crippen LogP contribution in [-0.4, -0.2) is 47.6 Å². The van der Waals surface area contributed by atoms with E-state index in [2.05, 4.69) is 62.5 Å². The number of esters is 2. The third-order valence-corrected chi connectivity index (χ3v) is 8.43. The number of unbranched alkanes of at least 4 members (excludes halogenated alkanes) is 16. The number of carbonyl (C=O) groups is 2. The molecule has 0 aliphatic heterocycles. The number of ether oxygens (including phenoxy) is 2. The first-order chi connectivity index (χ1) is 23.5. The first kappa shape index (κ1) is 45.8. The lowest BCUT2D eigenvalue weighted by Gasteiger charge is -2.15. The Labute approximate surface area is 295 Å². The Kier molecular flexibility index (Phi) is 35.9. The normalized spacial score (nSPS) is 13.3. The number of aliphatic hydroxyl groups is 2. The van der Waals surface area contributed by atoms with Gasteiger partial charge in [0.2, 0.25) is 0 Å². The molecule has 2 N–H and O–H groups in total. The van der Waals surface area contributed by atoms with E-state index in [0.29, 0.717) is 19.3 Å². The fraction of sp³-hybridized carbons (Fsp3) is 0.762. The Morgan fingerprint density at radius 1 is 0.562 bits per heavy atom. The molecule has 0 saturated carbocycles.